The highest BCUT2D eigenvalue weighted by Gasteiger charge is 2.43. The molecule has 1 heterocycles. The zero-order valence-electron chi connectivity index (χ0n) is 14.2. The van der Waals surface area contributed by atoms with Gasteiger partial charge in [-0.3, -0.25) is 0 Å². The van der Waals surface area contributed by atoms with Gasteiger partial charge < -0.3 is 14.6 Å². The average molecular weight is 314 g/mol. The summed E-state index contributed by atoms with van der Waals surface area (Å²) in [5.41, 5.74) is 0.0643. The first-order chi connectivity index (χ1) is 9.50. The summed E-state index contributed by atoms with van der Waals surface area (Å²) in [5.74, 6) is -0.411. The molecule has 1 rings (SSSR count). The molecule has 1 aliphatic rings. The number of rotatable bonds is 5. The first-order valence-corrected chi connectivity index (χ1v) is 10.7. The molecule has 0 aromatic heterocycles. The van der Waals surface area contributed by atoms with Crippen LogP contribution in [0, 0.1) is 0 Å². The van der Waals surface area contributed by atoms with Crippen molar-refractivity contribution in [1.29, 1.82) is 0 Å². The van der Waals surface area contributed by atoms with Crippen LogP contribution in [0.5, 0.6) is 0 Å². The number of hydrogen-bond acceptors (Lipinski definition) is 4. The average Bonchev–Trinajstić information content (AvgIpc) is 2.83. The molecule has 5 heteroatoms. The maximum atomic E-state index is 11.5. The fourth-order valence-corrected chi connectivity index (χ4v) is 4.29. The Labute approximate surface area is 129 Å². The summed E-state index contributed by atoms with van der Waals surface area (Å²) in [6.07, 6.45) is 1.99. The van der Waals surface area contributed by atoms with E-state index >= 15 is 0 Å². The summed E-state index contributed by atoms with van der Waals surface area (Å²) in [4.78, 5) is 11.5. The molecule has 0 spiro atoms. The van der Waals surface area contributed by atoms with Crippen LogP contribution in [0.4, 0.5) is 0 Å². The van der Waals surface area contributed by atoms with E-state index in [0.29, 0.717) is 12.0 Å². The van der Waals surface area contributed by atoms with Gasteiger partial charge in [0.05, 0.1) is 33.0 Å². The molecular weight excluding hydrogens is 284 g/mol. The van der Waals surface area contributed by atoms with E-state index in [4.69, 9.17) is 4.74 Å². The summed E-state index contributed by atoms with van der Waals surface area (Å²) in [5, 5.41) is 10.8. The van der Waals surface area contributed by atoms with Gasteiger partial charge in [-0.05, 0) is 24.3 Å². The third-order valence-electron chi connectivity index (χ3n) is 5.20. The van der Waals surface area contributed by atoms with Gasteiger partial charge >= 0.3 is 5.97 Å². The van der Waals surface area contributed by atoms with E-state index in [1.165, 1.54) is 7.11 Å². The van der Waals surface area contributed by atoms with Crippen LogP contribution in [-0.4, -0.2) is 44.2 Å². The quantitative estimate of drug-likeness (QED) is 0.481. The Morgan fingerprint density at radius 2 is 2.00 bits per heavy atom. The van der Waals surface area contributed by atoms with Gasteiger partial charge in [-0.2, -0.15) is 0 Å². The monoisotopic (exact) mass is 314 g/mol. The number of ether oxygens (including phenoxy) is 2. The highest BCUT2D eigenvalue weighted by atomic mass is 28.3. The molecule has 0 bridgehead atoms. The number of aliphatic hydroxyl groups excluding tert-OH is 1. The number of hydrogen-bond donors (Lipinski definition) is 1. The normalized spacial score (nSPS) is 24.7. The van der Waals surface area contributed by atoms with E-state index in [0.717, 1.165) is 12.8 Å². The summed E-state index contributed by atoms with van der Waals surface area (Å²) in [6.45, 7) is 14.8. The van der Waals surface area contributed by atoms with Crippen LogP contribution >= 0.6 is 0 Å². The molecule has 0 unspecified atom stereocenters. The Hall–Kier alpha value is -0.653. The molecule has 0 radical (unpaired) electrons. The van der Waals surface area contributed by atoms with Crippen molar-refractivity contribution in [1.82, 2.24) is 0 Å². The van der Waals surface area contributed by atoms with Gasteiger partial charge in [-0.25, -0.2) is 4.79 Å². The minimum Gasteiger partial charge on any atom is -0.466 e. The van der Waals surface area contributed by atoms with E-state index < -0.39 is 14.0 Å². The molecular formula is C16H30O4Si. The minimum absolute atomic E-state index is 0.000492. The predicted molar refractivity (Wildman–Crippen MR) is 86.9 cm³/mol. The van der Waals surface area contributed by atoms with Crippen molar-refractivity contribution in [3.63, 3.8) is 0 Å². The summed E-state index contributed by atoms with van der Waals surface area (Å²) in [6, 6.07) is 0. The maximum absolute atomic E-state index is 11.5. The summed E-state index contributed by atoms with van der Waals surface area (Å²) < 4.78 is 10.6. The van der Waals surface area contributed by atoms with Gasteiger partial charge in [0.15, 0.2) is 0 Å². The Balaban J connectivity index is 2.59. The van der Waals surface area contributed by atoms with Gasteiger partial charge in [-0.15, -0.1) is 0 Å². The second-order valence-electron chi connectivity index (χ2n) is 7.56. The minimum atomic E-state index is -1.79. The Morgan fingerprint density at radius 1 is 1.43 bits per heavy atom. The number of aliphatic hydroxyl groups is 1. The SMILES string of the molecule is C=C(C(=O)OC)[C@@H]1CC[C@H](C[C@H](O)[Si](C)(C)C(C)(C)C)O1. The van der Waals surface area contributed by atoms with E-state index in [1.807, 2.05) is 0 Å². The van der Waals surface area contributed by atoms with Crippen LogP contribution in [0.25, 0.3) is 0 Å². The molecule has 1 saturated heterocycles. The first-order valence-electron chi connectivity index (χ1n) is 7.61. The second kappa shape index (κ2) is 6.63. The number of esters is 1. The number of carbonyl (C=O) groups is 1. The topological polar surface area (TPSA) is 55.8 Å². The molecule has 0 amide bonds. The van der Waals surface area contributed by atoms with E-state index in [1.54, 1.807) is 0 Å². The third-order valence-corrected chi connectivity index (χ3v) is 11.0. The molecule has 1 fully saturated rings. The fraction of sp³-hybridized carbons (Fsp3) is 0.812. The largest absolute Gasteiger partial charge is 0.466 e. The zero-order valence-corrected chi connectivity index (χ0v) is 15.2. The van der Waals surface area contributed by atoms with Crippen molar-refractivity contribution in [2.24, 2.45) is 0 Å². The van der Waals surface area contributed by atoms with E-state index in [2.05, 4.69) is 45.2 Å². The Kier molecular flexibility index (Phi) is 5.81. The second-order valence-corrected chi connectivity index (χ2v) is 13.2. The molecule has 0 aromatic rings. The van der Waals surface area contributed by atoms with Crippen LogP contribution < -0.4 is 0 Å². The Bertz CT molecular complexity index is 398. The van der Waals surface area contributed by atoms with Crippen molar-refractivity contribution in [3.05, 3.63) is 12.2 Å². The van der Waals surface area contributed by atoms with Crippen LogP contribution in [-0.2, 0) is 14.3 Å². The zero-order chi connectivity index (χ0) is 16.4. The van der Waals surface area contributed by atoms with Gasteiger partial charge in [0, 0.05) is 5.73 Å². The number of methoxy groups -OCH3 is 1. The predicted octanol–water partition coefficient (Wildman–Crippen LogP) is 3.06. The van der Waals surface area contributed by atoms with Crippen molar-refractivity contribution in [2.75, 3.05) is 7.11 Å². The van der Waals surface area contributed by atoms with Crippen molar-refractivity contribution in [3.8, 4) is 0 Å². The van der Waals surface area contributed by atoms with Crippen molar-refractivity contribution in [2.45, 2.75) is 76.1 Å². The highest BCUT2D eigenvalue weighted by molar-refractivity contribution is 6.81. The third kappa shape index (κ3) is 4.17. The van der Waals surface area contributed by atoms with Crippen LogP contribution in [0.15, 0.2) is 12.2 Å². The standard InChI is InChI=1S/C16H30O4Si/c1-11(15(18)19-5)13-9-8-12(20-13)10-14(17)21(6,7)16(2,3)4/h12-14,17H,1,8-10H2,2-7H3/t12-,13+,14-/m1/s1. The van der Waals surface area contributed by atoms with E-state index in [9.17, 15) is 9.90 Å². The molecule has 0 aromatic carbocycles. The lowest BCUT2D eigenvalue weighted by Gasteiger charge is -2.41. The summed E-state index contributed by atoms with van der Waals surface area (Å²) >= 11 is 0. The van der Waals surface area contributed by atoms with Crippen LogP contribution in [0.2, 0.25) is 18.1 Å². The van der Waals surface area contributed by atoms with Crippen LogP contribution in [0.1, 0.15) is 40.0 Å². The van der Waals surface area contributed by atoms with Crippen molar-refractivity contribution >= 4 is 14.0 Å². The molecule has 3 atom stereocenters. The van der Waals surface area contributed by atoms with Gasteiger partial charge in [-0.1, -0.05) is 40.4 Å². The molecule has 0 saturated carbocycles. The van der Waals surface area contributed by atoms with E-state index in [-0.39, 0.29) is 23.0 Å². The molecule has 0 aliphatic carbocycles. The number of carbonyl (C=O) groups excluding carboxylic acids is 1. The first kappa shape index (κ1) is 18.4. The molecule has 122 valence electrons. The van der Waals surface area contributed by atoms with Crippen LogP contribution in [0.3, 0.4) is 0 Å². The molecule has 4 nitrogen and oxygen atoms in total. The molecule has 21 heavy (non-hydrogen) atoms. The lowest BCUT2D eigenvalue weighted by molar-refractivity contribution is -0.137. The molecule has 1 aliphatic heterocycles. The van der Waals surface area contributed by atoms with Gasteiger partial charge in [0.1, 0.15) is 0 Å². The van der Waals surface area contributed by atoms with Gasteiger partial charge in [0.2, 0.25) is 0 Å². The lowest BCUT2D eigenvalue weighted by Crippen LogP contribution is -2.50. The lowest BCUT2D eigenvalue weighted by atomic mass is 10.1. The maximum Gasteiger partial charge on any atom is 0.335 e. The van der Waals surface area contributed by atoms with Crippen molar-refractivity contribution < 1.29 is 19.4 Å². The van der Waals surface area contributed by atoms with Gasteiger partial charge in [0.25, 0.3) is 0 Å². The smallest absolute Gasteiger partial charge is 0.335 e. The Morgan fingerprint density at radius 3 is 2.48 bits per heavy atom. The fourth-order valence-electron chi connectivity index (χ4n) is 2.44. The highest BCUT2D eigenvalue weighted by Crippen LogP contribution is 2.40. The molecule has 1 N–H and O–H groups in total. The summed E-state index contributed by atoms with van der Waals surface area (Å²) in [7, 11) is -0.444.